The third-order valence-corrected chi connectivity index (χ3v) is 10.0. The third-order valence-electron chi connectivity index (χ3n) is 7.95. The summed E-state index contributed by atoms with van der Waals surface area (Å²) in [7, 11) is -1.17. The van der Waals surface area contributed by atoms with Gasteiger partial charge in [0.2, 0.25) is 0 Å². The van der Waals surface area contributed by atoms with Gasteiger partial charge in [0, 0.05) is 0 Å². The van der Waals surface area contributed by atoms with Crippen LogP contribution < -0.4 is 5.19 Å². The van der Waals surface area contributed by atoms with E-state index in [0.29, 0.717) is 0 Å². The Morgan fingerprint density at radius 1 is 0.390 bits per heavy atom. The van der Waals surface area contributed by atoms with E-state index in [0.717, 1.165) is 0 Å². The van der Waals surface area contributed by atoms with E-state index in [1.54, 1.807) is 0 Å². The molecule has 7 aromatic carbocycles. The van der Waals surface area contributed by atoms with E-state index < -0.39 is 8.07 Å². The van der Waals surface area contributed by atoms with E-state index in [-0.39, 0.29) is 0 Å². The molecule has 0 radical (unpaired) electrons. The van der Waals surface area contributed by atoms with Crippen molar-refractivity contribution in [3.63, 3.8) is 0 Å². The van der Waals surface area contributed by atoms with Crippen LogP contribution >= 0.6 is 0 Å². The summed E-state index contributed by atoms with van der Waals surface area (Å²) in [5.74, 6) is 0. The second-order valence-electron chi connectivity index (χ2n) is 11.9. The number of hydrogen-bond donors (Lipinski definition) is 0. The van der Waals surface area contributed by atoms with Crippen LogP contribution in [0.4, 0.5) is 0 Å². The fourth-order valence-electron chi connectivity index (χ4n) is 5.58. The molecule has 0 spiro atoms. The van der Waals surface area contributed by atoms with Crippen molar-refractivity contribution < 1.29 is 0 Å². The van der Waals surface area contributed by atoms with Crippen LogP contribution in [-0.2, 0) is 0 Å². The van der Waals surface area contributed by atoms with Crippen molar-refractivity contribution in [2.24, 2.45) is 0 Å². The van der Waals surface area contributed by atoms with Gasteiger partial charge < -0.3 is 0 Å². The first-order valence-corrected chi connectivity index (χ1v) is 17.9. The van der Waals surface area contributed by atoms with Crippen LogP contribution in [0.3, 0.4) is 0 Å². The normalized spacial score (nSPS) is 11.4. The van der Waals surface area contributed by atoms with Crippen LogP contribution in [-0.4, -0.2) is 8.07 Å². The molecule has 0 aliphatic rings. The number of aryl methyl sites for hydroxylation is 1. The van der Waals surface area contributed by atoms with Gasteiger partial charge in [0.1, 0.15) is 0 Å². The molecular formula is C40H36Si. The summed E-state index contributed by atoms with van der Waals surface area (Å²) in [4.78, 5) is 0. The lowest BCUT2D eigenvalue weighted by Crippen LogP contribution is -2.37. The Labute approximate surface area is 244 Å². The lowest BCUT2D eigenvalue weighted by atomic mass is 9.91. The molecule has 0 N–H and O–H groups in total. The van der Waals surface area contributed by atoms with Crippen molar-refractivity contribution in [3.8, 4) is 22.3 Å². The van der Waals surface area contributed by atoms with E-state index in [1.807, 2.05) is 0 Å². The fourth-order valence-corrected chi connectivity index (χ4v) is 6.74. The molecule has 0 fully saturated rings. The first-order valence-electron chi connectivity index (χ1n) is 14.4. The van der Waals surface area contributed by atoms with Gasteiger partial charge >= 0.3 is 0 Å². The quantitative estimate of drug-likeness (QED) is 0.153. The van der Waals surface area contributed by atoms with Crippen molar-refractivity contribution in [1.82, 2.24) is 0 Å². The second-order valence-corrected chi connectivity index (χ2v) is 17.0. The van der Waals surface area contributed by atoms with Gasteiger partial charge in [0.05, 0.1) is 8.07 Å². The van der Waals surface area contributed by atoms with Crippen molar-refractivity contribution in [2.45, 2.75) is 26.6 Å². The highest BCUT2D eigenvalue weighted by molar-refractivity contribution is 6.88. The molecule has 0 aliphatic carbocycles. The van der Waals surface area contributed by atoms with E-state index >= 15 is 0 Å². The Morgan fingerprint density at radius 3 is 1.41 bits per heavy atom. The summed E-state index contributed by atoms with van der Waals surface area (Å²) >= 11 is 0. The predicted octanol–water partition coefficient (Wildman–Crippen LogP) is 11.0. The SMILES string of the molecule is Cc1ccc(-c2ccc([Si](C)(C)C)cc2)cc1.c1ccc2cc(-c3c4ccccc4cc4ccccc34)ccc2c1. The topological polar surface area (TPSA) is 0 Å². The molecule has 200 valence electrons. The first-order chi connectivity index (χ1) is 19.9. The molecular weight excluding hydrogens is 509 g/mol. The summed E-state index contributed by atoms with van der Waals surface area (Å²) in [6.07, 6.45) is 0. The van der Waals surface area contributed by atoms with Crippen LogP contribution in [0.5, 0.6) is 0 Å². The molecule has 0 bridgehead atoms. The van der Waals surface area contributed by atoms with Crippen LogP contribution in [0, 0.1) is 6.92 Å². The average molecular weight is 545 g/mol. The Kier molecular flexibility index (Phi) is 7.30. The van der Waals surface area contributed by atoms with Gasteiger partial charge in [0.15, 0.2) is 0 Å². The van der Waals surface area contributed by atoms with Crippen LogP contribution in [0.2, 0.25) is 19.6 Å². The maximum absolute atomic E-state index is 2.38. The molecule has 7 aromatic rings. The Hall–Kier alpha value is -4.46. The number of hydrogen-bond acceptors (Lipinski definition) is 0. The Balaban J connectivity index is 0.000000158. The van der Waals surface area contributed by atoms with Crippen molar-refractivity contribution >= 4 is 45.6 Å². The highest BCUT2D eigenvalue weighted by atomic mass is 28.3. The first kappa shape index (κ1) is 26.7. The summed E-state index contributed by atoms with van der Waals surface area (Å²) in [5.41, 5.74) is 6.54. The summed E-state index contributed by atoms with van der Waals surface area (Å²) in [5, 5.41) is 9.29. The van der Waals surface area contributed by atoms with Crippen molar-refractivity contribution in [2.75, 3.05) is 0 Å². The molecule has 7 rings (SSSR count). The van der Waals surface area contributed by atoms with Crippen molar-refractivity contribution in [1.29, 1.82) is 0 Å². The van der Waals surface area contributed by atoms with Crippen LogP contribution in [0.15, 0.2) is 146 Å². The fraction of sp³-hybridized carbons (Fsp3) is 0.100. The Bertz CT molecular complexity index is 1900. The van der Waals surface area contributed by atoms with Crippen LogP contribution in [0.1, 0.15) is 5.56 Å². The summed E-state index contributed by atoms with van der Waals surface area (Å²) in [6.45, 7) is 9.27. The average Bonchev–Trinajstić information content (AvgIpc) is 3.00. The minimum Gasteiger partial charge on any atom is -0.0656 e. The zero-order valence-corrected chi connectivity index (χ0v) is 25.4. The molecule has 0 heterocycles. The molecule has 0 nitrogen and oxygen atoms in total. The number of rotatable bonds is 3. The minimum absolute atomic E-state index is 1.17. The molecule has 0 saturated heterocycles. The van der Waals surface area contributed by atoms with Gasteiger partial charge in [-0.2, -0.15) is 0 Å². The number of benzene rings is 7. The third kappa shape index (κ3) is 5.73. The highest BCUT2D eigenvalue weighted by Crippen LogP contribution is 2.37. The minimum atomic E-state index is -1.17. The molecule has 41 heavy (non-hydrogen) atoms. The van der Waals surface area contributed by atoms with Gasteiger partial charge in [0.25, 0.3) is 0 Å². The smallest absolute Gasteiger partial charge is 0.0656 e. The van der Waals surface area contributed by atoms with Gasteiger partial charge in [-0.1, -0.05) is 164 Å². The summed E-state index contributed by atoms with van der Waals surface area (Å²) < 4.78 is 0. The summed E-state index contributed by atoms with van der Waals surface area (Å²) in [6, 6.07) is 52.8. The van der Waals surface area contributed by atoms with E-state index in [2.05, 4.69) is 172 Å². The van der Waals surface area contributed by atoms with Gasteiger partial charge in [-0.05, 0) is 73.6 Å². The van der Waals surface area contributed by atoms with Gasteiger partial charge in [-0.3, -0.25) is 0 Å². The predicted molar refractivity (Wildman–Crippen MR) is 184 cm³/mol. The molecule has 0 aliphatic heterocycles. The largest absolute Gasteiger partial charge is 0.0775 e. The van der Waals surface area contributed by atoms with Crippen LogP contribution in [0.25, 0.3) is 54.6 Å². The number of fused-ring (bicyclic) bond motifs is 3. The standard InChI is InChI=1S/C24H16.C16H20Si/c1-2-8-18-15-21(14-13-17(18)7-1)24-22-11-5-3-9-19(22)16-20-10-4-6-12-23(20)24;1-13-5-7-14(8-6-13)15-9-11-16(12-10-15)17(2,3)4/h1-16H;5-12H,1-4H3. The van der Waals surface area contributed by atoms with E-state index in [9.17, 15) is 0 Å². The van der Waals surface area contributed by atoms with Gasteiger partial charge in [-0.25, -0.2) is 0 Å². The highest BCUT2D eigenvalue weighted by Gasteiger charge is 2.15. The lowest BCUT2D eigenvalue weighted by molar-refractivity contribution is 1.47. The molecule has 0 aromatic heterocycles. The second kappa shape index (κ2) is 11.2. The van der Waals surface area contributed by atoms with Crippen molar-refractivity contribution in [3.05, 3.63) is 151 Å². The lowest BCUT2D eigenvalue weighted by Gasteiger charge is -2.16. The zero-order chi connectivity index (χ0) is 28.4. The zero-order valence-electron chi connectivity index (χ0n) is 24.4. The maximum atomic E-state index is 2.38. The van der Waals surface area contributed by atoms with Gasteiger partial charge in [-0.15, -0.1) is 0 Å². The maximum Gasteiger partial charge on any atom is 0.0775 e. The Morgan fingerprint density at radius 2 is 0.854 bits per heavy atom. The van der Waals surface area contributed by atoms with E-state index in [1.165, 1.54) is 65.3 Å². The molecule has 0 saturated carbocycles. The molecule has 0 atom stereocenters. The van der Waals surface area contributed by atoms with E-state index in [4.69, 9.17) is 0 Å². The molecule has 1 heteroatoms. The molecule has 0 amide bonds. The monoisotopic (exact) mass is 544 g/mol. The molecule has 0 unspecified atom stereocenters.